The van der Waals surface area contributed by atoms with Gasteiger partial charge in [-0.05, 0) is 57.3 Å². The number of piperidine rings is 1. The molecule has 1 unspecified atom stereocenters. The minimum absolute atomic E-state index is 0.127. The maximum absolute atomic E-state index is 13.0. The molecule has 3 aliphatic heterocycles. The molecule has 0 bridgehead atoms. The van der Waals surface area contributed by atoms with E-state index in [9.17, 15) is 13.2 Å². The second kappa shape index (κ2) is 7.67. The fourth-order valence-electron chi connectivity index (χ4n) is 5.02. The highest BCUT2D eigenvalue weighted by Crippen LogP contribution is 2.46. The zero-order chi connectivity index (χ0) is 19.8. The van der Waals surface area contributed by atoms with E-state index < -0.39 is 14.6 Å². The van der Waals surface area contributed by atoms with Gasteiger partial charge in [0.1, 0.15) is 10.5 Å². The molecular formula is C21H30N2O4S. The van der Waals surface area contributed by atoms with Crippen LogP contribution in [0.4, 0.5) is 0 Å². The SMILES string of the molecule is CCOc1ccccc1C(=O)N1CC2(C1)C(CN1CCCCC1)CCS2(=O)=O. The molecule has 1 spiro atoms. The van der Waals surface area contributed by atoms with Crippen LogP contribution >= 0.6 is 0 Å². The number of carbonyl (C=O) groups excluding carboxylic acids is 1. The van der Waals surface area contributed by atoms with Crippen LogP contribution in [0.2, 0.25) is 0 Å². The van der Waals surface area contributed by atoms with Crippen molar-refractivity contribution in [3.63, 3.8) is 0 Å². The summed E-state index contributed by atoms with van der Waals surface area (Å²) in [5, 5.41) is 0. The average molecular weight is 407 g/mol. The second-order valence-corrected chi connectivity index (χ2v) is 10.8. The molecule has 28 heavy (non-hydrogen) atoms. The van der Waals surface area contributed by atoms with E-state index in [1.807, 2.05) is 19.1 Å². The number of amides is 1. The van der Waals surface area contributed by atoms with Crippen molar-refractivity contribution < 1.29 is 17.9 Å². The minimum atomic E-state index is -3.17. The van der Waals surface area contributed by atoms with Gasteiger partial charge in [-0.2, -0.15) is 0 Å². The predicted molar refractivity (Wildman–Crippen MR) is 108 cm³/mol. The molecule has 0 N–H and O–H groups in total. The maximum atomic E-state index is 13.0. The Morgan fingerprint density at radius 2 is 1.89 bits per heavy atom. The third-order valence-electron chi connectivity index (χ3n) is 6.65. The van der Waals surface area contributed by atoms with E-state index in [1.165, 1.54) is 19.3 Å². The van der Waals surface area contributed by atoms with E-state index in [1.54, 1.807) is 17.0 Å². The van der Waals surface area contributed by atoms with Crippen LogP contribution in [0.5, 0.6) is 5.75 Å². The van der Waals surface area contributed by atoms with Gasteiger partial charge in [0.15, 0.2) is 9.84 Å². The Morgan fingerprint density at radius 3 is 2.61 bits per heavy atom. The lowest BCUT2D eigenvalue weighted by atomic mass is 9.82. The predicted octanol–water partition coefficient (Wildman–Crippen LogP) is 2.20. The molecule has 0 aromatic heterocycles. The van der Waals surface area contributed by atoms with Gasteiger partial charge >= 0.3 is 0 Å². The quantitative estimate of drug-likeness (QED) is 0.750. The van der Waals surface area contributed by atoms with E-state index in [-0.39, 0.29) is 17.6 Å². The van der Waals surface area contributed by atoms with Gasteiger partial charge in [0.2, 0.25) is 0 Å². The molecule has 3 heterocycles. The topological polar surface area (TPSA) is 66.9 Å². The number of hydrogen-bond acceptors (Lipinski definition) is 5. The van der Waals surface area contributed by atoms with Gasteiger partial charge < -0.3 is 14.5 Å². The monoisotopic (exact) mass is 406 g/mol. The number of para-hydroxylation sites is 1. The molecule has 1 amide bonds. The van der Waals surface area contributed by atoms with Gasteiger partial charge in [-0.15, -0.1) is 0 Å². The largest absolute Gasteiger partial charge is 0.493 e. The summed E-state index contributed by atoms with van der Waals surface area (Å²) >= 11 is 0. The standard InChI is InChI=1S/C21H30N2O4S/c1-2-27-19-9-5-4-8-18(19)20(24)23-15-21(16-23)17(10-13-28(21,25)26)14-22-11-6-3-7-12-22/h4-5,8-9,17H,2-3,6-7,10-16H2,1H3. The van der Waals surface area contributed by atoms with E-state index in [4.69, 9.17) is 4.74 Å². The Kier molecular flexibility index (Phi) is 5.40. The van der Waals surface area contributed by atoms with Gasteiger partial charge in [0.05, 0.1) is 17.9 Å². The van der Waals surface area contributed by atoms with Gasteiger partial charge in [-0.25, -0.2) is 8.42 Å². The van der Waals surface area contributed by atoms with Crippen LogP contribution in [0.15, 0.2) is 24.3 Å². The highest BCUT2D eigenvalue weighted by molar-refractivity contribution is 7.93. The second-order valence-electron chi connectivity index (χ2n) is 8.32. The Morgan fingerprint density at radius 1 is 1.18 bits per heavy atom. The number of hydrogen-bond donors (Lipinski definition) is 0. The number of carbonyl (C=O) groups is 1. The summed E-state index contributed by atoms with van der Waals surface area (Å²) in [5.74, 6) is 0.814. The average Bonchev–Trinajstić information content (AvgIpc) is 2.92. The Hall–Kier alpha value is -1.60. The fraction of sp³-hybridized carbons (Fsp3) is 0.667. The molecule has 4 rings (SSSR count). The molecule has 0 saturated carbocycles. The van der Waals surface area contributed by atoms with Crippen LogP contribution < -0.4 is 4.74 Å². The molecular weight excluding hydrogens is 376 g/mol. The summed E-state index contributed by atoms with van der Waals surface area (Å²) in [5.41, 5.74) is 0.516. The normalized spacial score (nSPS) is 26.2. The van der Waals surface area contributed by atoms with E-state index in [2.05, 4.69) is 4.90 Å². The van der Waals surface area contributed by atoms with Crippen molar-refractivity contribution in [3.05, 3.63) is 29.8 Å². The van der Waals surface area contributed by atoms with E-state index in [0.717, 1.165) is 26.1 Å². The van der Waals surface area contributed by atoms with Crippen molar-refractivity contribution in [3.8, 4) is 5.75 Å². The number of ether oxygens (including phenoxy) is 1. The van der Waals surface area contributed by atoms with Crippen LogP contribution in [0.3, 0.4) is 0 Å². The fourth-order valence-corrected chi connectivity index (χ4v) is 7.43. The summed E-state index contributed by atoms with van der Waals surface area (Å²) in [7, 11) is -3.17. The van der Waals surface area contributed by atoms with Gasteiger partial charge in [-0.1, -0.05) is 18.6 Å². The minimum Gasteiger partial charge on any atom is -0.493 e. The first-order chi connectivity index (χ1) is 13.5. The summed E-state index contributed by atoms with van der Waals surface area (Å²) in [4.78, 5) is 17.1. The molecule has 3 fully saturated rings. The lowest BCUT2D eigenvalue weighted by Crippen LogP contribution is -2.69. The lowest BCUT2D eigenvalue weighted by molar-refractivity contribution is 0.0408. The molecule has 3 saturated heterocycles. The first-order valence-electron chi connectivity index (χ1n) is 10.4. The lowest BCUT2D eigenvalue weighted by Gasteiger charge is -2.51. The summed E-state index contributed by atoms with van der Waals surface area (Å²) in [6.45, 7) is 5.97. The Labute approximate surface area is 167 Å². The van der Waals surface area contributed by atoms with Crippen molar-refractivity contribution in [1.29, 1.82) is 0 Å². The summed E-state index contributed by atoms with van der Waals surface area (Å²) in [6, 6.07) is 7.21. The highest BCUT2D eigenvalue weighted by Gasteiger charge is 2.62. The third kappa shape index (κ3) is 3.32. The van der Waals surface area contributed by atoms with Crippen LogP contribution in [-0.2, 0) is 9.84 Å². The number of rotatable bonds is 5. The zero-order valence-corrected chi connectivity index (χ0v) is 17.4. The zero-order valence-electron chi connectivity index (χ0n) is 16.6. The highest BCUT2D eigenvalue weighted by atomic mass is 32.2. The van der Waals surface area contributed by atoms with Crippen molar-refractivity contribution in [1.82, 2.24) is 9.80 Å². The number of sulfone groups is 1. The number of benzene rings is 1. The van der Waals surface area contributed by atoms with Gasteiger partial charge in [0.25, 0.3) is 5.91 Å². The van der Waals surface area contributed by atoms with Crippen LogP contribution in [0, 0.1) is 5.92 Å². The van der Waals surface area contributed by atoms with E-state index in [0.29, 0.717) is 31.0 Å². The van der Waals surface area contributed by atoms with Crippen LogP contribution in [0.1, 0.15) is 43.0 Å². The van der Waals surface area contributed by atoms with Crippen molar-refractivity contribution in [2.75, 3.05) is 45.1 Å². The third-order valence-corrected chi connectivity index (χ3v) is 9.25. The molecule has 1 aromatic rings. The summed E-state index contributed by atoms with van der Waals surface area (Å²) in [6.07, 6.45) is 4.39. The first-order valence-corrected chi connectivity index (χ1v) is 12.1. The smallest absolute Gasteiger partial charge is 0.257 e. The molecule has 1 atom stereocenters. The van der Waals surface area contributed by atoms with Crippen molar-refractivity contribution >= 4 is 15.7 Å². The molecule has 154 valence electrons. The number of nitrogens with zero attached hydrogens (tertiary/aromatic N) is 2. The molecule has 6 nitrogen and oxygen atoms in total. The van der Waals surface area contributed by atoms with Crippen molar-refractivity contribution in [2.45, 2.75) is 37.4 Å². The Balaban J connectivity index is 1.49. The molecule has 1 aromatic carbocycles. The van der Waals surface area contributed by atoms with Crippen LogP contribution in [-0.4, -0.2) is 74.0 Å². The molecule has 3 aliphatic rings. The molecule has 7 heteroatoms. The van der Waals surface area contributed by atoms with Crippen LogP contribution in [0.25, 0.3) is 0 Å². The van der Waals surface area contributed by atoms with E-state index >= 15 is 0 Å². The van der Waals surface area contributed by atoms with Gasteiger partial charge in [0, 0.05) is 19.6 Å². The first kappa shape index (κ1) is 19.7. The number of likely N-dealkylation sites (tertiary alicyclic amines) is 2. The van der Waals surface area contributed by atoms with Gasteiger partial charge in [-0.3, -0.25) is 4.79 Å². The van der Waals surface area contributed by atoms with Crippen molar-refractivity contribution in [2.24, 2.45) is 5.92 Å². The Bertz CT molecular complexity index is 827. The molecule has 0 aliphatic carbocycles. The maximum Gasteiger partial charge on any atom is 0.257 e. The molecule has 0 radical (unpaired) electrons. The summed E-state index contributed by atoms with van der Waals surface area (Å²) < 4.78 is 30.7.